The first-order chi connectivity index (χ1) is 17.6. The molecule has 1 aliphatic heterocycles. The number of hydrogen-bond acceptors (Lipinski definition) is 8. The minimum Gasteiger partial charge on any atom is -0.496 e. The van der Waals surface area contributed by atoms with Crippen LogP contribution in [-0.4, -0.2) is 56.1 Å². The number of piperidine rings is 1. The average molecular weight is 506 g/mol. The van der Waals surface area contributed by atoms with Gasteiger partial charge in [-0.05, 0) is 51.1 Å². The van der Waals surface area contributed by atoms with Crippen molar-refractivity contribution in [1.29, 1.82) is 0 Å². The number of pyridine rings is 1. The van der Waals surface area contributed by atoms with Crippen molar-refractivity contribution in [2.75, 3.05) is 20.2 Å². The van der Waals surface area contributed by atoms with Crippen molar-refractivity contribution >= 4 is 16.9 Å². The molecule has 5 aromatic rings. The van der Waals surface area contributed by atoms with E-state index < -0.39 is 5.82 Å². The number of nitrogens with zero attached hydrogens (tertiary/aromatic N) is 5. The third kappa shape index (κ3) is 3.99. The highest BCUT2D eigenvalue weighted by molar-refractivity contribution is 7.19. The van der Waals surface area contributed by atoms with Gasteiger partial charge in [-0.25, -0.2) is 18.9 Å². The van der Waals surface area contributed by atoms with E-state index in [1.807, 2.05) is 29.8 Å². The van der Waals surface area contributed by atoms with E-state index in [-0.39, 0.29) is 11.7 Å². The molecule has 0 unspecified atom stereocenters. The van der Waals surface area contributed by atoms with Crippen LogP contribution < -0.4 is 14.8 Å². The molecule has 1 aliphatic rings. The molecular formula is C25H24FN7O2S. The normalized spacial score (nSPS) is 14.4. The first-order valence-electron chi connectivity index (χ1n) is 11.7. The standard InChI is InChI=1S/C25H24FN7O2S/c1-14-20(18-12-16(8-11-33(18)32-14)35-15-6-9-27-10-7-15)25-30-22(23(36-25)24-28-13-29-31-24)21-17(26)4-3-5-19(21)34-2/h3-5,8,11-13,15,27H,6-7,9-10H2,1-2H3,(H,28,29,31). The molecule has 9 nitrogen and oxygen atoms in total. The van der Waals surface area contributed by atoms with Gasteiger partial charge in [-0.15, -0.1) is 11.3 Å². The second-order valence-electron chi connectivity index (χ2n) is 8.56. The summed E-state index contributed by atoms with van der Waals surface area (Å²) in [5.74, 6) is 1.18. The Balaban J connectivity index is 1.50. The number of thiazole rings is 1. The fourth-order valence-electron chi connectivity index (χ4n) is 4.56. The van der Waals surface area contributed by atoms with Gasteiger partial charge in [0.15, 0.2) is 5.82 Å². The van der Waals surface area contributed by atoms with Crippen molar-refractivity contribution in [2.45, 2.75) is 25.9 Å². The van der Waals surface area contributed by atoms with Crippen LogP contribution in [0.2, 0.25) is 0 Å². The largest absolute Gasteiger partial charge is 0.496 e. The number of fused-ring (bicyclic) bond motifs is 1. The third-order valence-corrected chi connectivity index (χ3v) is 7.33. The van der Waals surface area contributed by atoms with E-state index in [4.69, 9.17) is 14.5 Å². The van der Waals surface area contributed by atoms with Crippen LogP contribution in [0.1, 0.15) is 18.5 Å². The number of H-pyrrole nitrogens is 1. The molecule has 2 N–H and O–H groups in total. The van der Waals surface area contributed by atoms with Gasteiger partial charge in [0.2, 0.25) is 0 Å². The summed E-state index contributed by atoms with van der Waals surface area (Å²) in [5.41, 5.74) is 3.21. The van der Waals surface area contributed by atoms with Gasteiger partial charge < -0.3 is 14.8 Å². The Morgan fingerprint density at radius 2 is 2.03 bits per heavy atom. The Morgan fingerprint density at radius 3 is 2.81 bits per heavy atom. The lowest BCUT2D eigenvalue weighted by Crippen LogP contribution is -2.34. The first kappa shape index (κ1) is 22.6. The van der Waals surface area contributed by atoms with Crippen LogP contribution in [-0.2, 0) is 0 Å². The minimum absolute atomic E-state index is 0.179. The van der Waals surface area contributed by atoms with Gasteiger partial charge in [0.1, 0.15) is 39.6 Å². The molecule has 0 atom stereocenters. The Labute approximate surface area is 210 Å². The topological polar surface area (TPSA) is 102 Å². The molecule has 4 aromatic heterocycles. The van der Waals surface area contributed by atoms with Gasteiger partial charge in [0.05, 0.1) is 35.1 Å². The number of rotatable bonds is 6. The van der Waals surface area contributed by atoms with Gasteiger partial charge in [0.25, 0.3) is 0 Å². The van der Waals surface area contributed by atoms with Gasteiger partial charge in [-0.2, -0.15) is 10.2 Å². The Morgan fingerprint density at radius 1 is 1.17 bits per heavy atom. The monoisotopic (exact) mass is 505 g/mol. The lowest BCUT2D eigenvalue weighted by atomic mass is 10.1. The summed E-state index contributed by atoms with van der Waals surface area (Å²) in [6.45, 7) is 3.84. The van der Waals surface area contributed by atoms with Crippen LogP contribution >= 0.6 is 11.3 Å². The highest BCUT2D eigenvalue weighted by Crippen LogP contribution is 2.44. The van der Waals surface area contributed by atoms with Crippen molar-refractivity contribution in [3.05, 3.63) is 54.4 Å². The molecule has 1 saturated heterocycles. The van der Waals surface area contributed by atoms with E-state index in [9.17, 15) is 0 Å². The molecule has 184 valence electrons. The number of ether oxygens (including phenoxy) is 2. The molecule has 0 amide bonds. The molecule has 0 aliphatic carbocycles. The van der Waals surface area contributed by atoms with Gasteiger partial charge in [-0.3, -0.25) is 5.10 Å². The van der Waals surface area contributed by atoms with Crippen LogP contribution in [0, 0.1) is 12.7 Å². The van der Waals surface area contributed by atoms with E-state index in [0.717, 1.165) is 48.5 Å². The zero-order valence-electron chi connectivity index (χ0n) is 19.8. The number of aryl methyl sites for hydroxylation is 1. The molecule has 6 rings (SSSR count). The van der Waals surface area contributed by atoms with Gasteiger partial charge >= 0.3 is 0 Å². The summed E-state index contributed by atoms with van der Waals surface area (Å²) in [4.78, 5) is 9.85. The van der Waals surface area contributed by atoms with Crippen LogP contribution in [0.15, 0.2) is 42.9 Å². The molecule has 0 spiro atoms. The summed E-state index contributed by atoms with van der Waals surface area (Å²) < 4.78 is 28.7. The third-order valence-electron chi connectivity index (χ3n) is 6.26. The number of benzene rings is 1. The molecule has 1 aromatic carbocycles. The summed E-state index contributed by atoms with van der Waals surface area (Å²) in [6.07, 6.45) is 5.50. The molecule has 0 radical (unpaired) electrons. The molecule has 0 bridgehead atoms. The molecule has 5 heterocycles. The maximum absolute atomic E-state index is 15.1. The molecule has 11 heteroatoms. The van der Waals surface area contributed by atoms with E-state index in [1.165, 1.54) is 30.8 Å². The number of nitrogens with one attached hydrogen (secondary N) is 2. The number of halogens is 1. The summed E-state index contributed by atoms with van der Waals surface area (Å²) >= 11 is 1.39. The number of aromatic amines is 1. The summed E-state index contributed by atoms with van der Waals surface area (Å²) in [5, 5.41) is 15.7. The number of hydrogen-bond donors (Lipinski definition) is 2. The van der Waals surface area contributed by atoms with E-state index >= 15 is 4.39 Å². The molecule has 0 saturated carbocycles. The van der Waals surface area contributed by atoms with Crippen molar-refractivity contribution in [3.8, 4) is 44.0 Å². The number of aromatic nitrogens is 6. The highest BCUT2D eigenvalue weighted by atomic mass is 32.1. The first-order valence-corrected chi connectivity index (χ1v) is 12.5. The van der Waals surface area contributed by atoms with Crippen LogP contribution in [0.25, 0.3) is 38.0 Å². The maximum atomic E-state index is 15.1. The Hall–Kier alpha value is -3.83. The predicted molar refractivity (Wildman–Crippen MR) is 135 cm³/mol. The lowest BCUT2D eigenvalue weighted by molar-refractivity contribution is 0.162. The lowest BCUT2D eigenvalue weighted by Gasteiger charge is -2.23. The van der Waals surface area contributed by atoms with Crippen molar-refractivity contribution in [3.63, 3.8) is 0 Å². The van der Waals surface area contributed by atoms with Gasteiger partial charge in [-0.1, -0.05) is 6.07 Å². The second-order valence-corrected chi connectivity index (χ2v) is 9.56. The molecule has 36 heavy (non-hydrogen) atoms. The van der Waals surface area contributed by atoms with Crippen molar-refractivity contribution in [1.82, 2.24) is 35.1 Å². The van der Waals surface area contributed by atoms with Crippen molar-refractivity contribution in [2.24, 2.45) is 0 Å². The van der Waals surface area contributed by atoms with E-state index in [0.29, 0.717) is 27.2 Å². The Bertz CT molecular complexity index is 1520. The van der Waals surface area contributed by atoms with Crippen LogP contribution in [0.4, 0.5) is 4.39 Å². The van der Waals surface area contributed by atoms with Crippen LogP contribution in [0.3, 0.4) is 0 Å². The quantitative estimate of drug-likeness (QED) is 0.350. The highest BCUT2D eigenvalue weighted by Gasteiger charge is 2.26. The number of methoxy groups -OCH3 is 1. The second kappa shape index (κ2) is 9.32. The average Bonchev–Trinajstić information content (AvgIpc) is 3.62. The zero-order chi connectivity index (χ0) is 24.6. The fraction of sp³-hybridized carbons (Fsp3) is 0.280. The van der Waals surface area contributed by atoms with Gasteiger partial charge in [0, 0.05) is 12.3 Å². The molecule has 1 fully saturated rings. The van der Waals surface area contributed by atoms with Crippen LogP contribution in [0.5, 0.6) is 11.5 Å². The van der Waals surface area contributed by atoms with Crippen molar-refractivity contribution < 1.29 is 13.9 Å². The van der Waals surface area contributed by atoms with E-state index in [2.05, 4.69) is 25.6 Å². The summed E-state index contributed by atoms with van der Waals surface area (Å²) in [6, 6.07) is 8.64. The smallest absolute Gasteiger partial charge is 0.193 e. The predicted octanol–water partition coefficient (Wildman–Crippen LogP) is 4.50. The summed E-state index contributed by atoms with van der Waals surface area (Å²) in [7, 11) is 1.51. The fourth-order valence-corrected chi connectivity index (χ4v) is 5.68. The SMILES string of the molecule is COc1cccc(F)c1-c1nc(-c2c(C)nn3ccc(OC4CCNCC4)cc23)sc1-c1nc[nH]n1. The molecular weight excluding hydrogens is 481 g/mol. The maximum Gasteiger partial charge on any atom is 0.193 e. The Kier molecular flexibility index (Phi) is 5.86. The minimum atomic E-state index is -0.433. The zero-order valence-corrected chi connectivity index (χ0v) is 20.6. The van der Waals surface area contributed by atoms with E-state index in [1.54, 1.807) is 12.1 Å².